The molecule has 0 radical (unpaired) electrons. The summed E-state index contributed by atoms with van der Waals surface area (Å²) in [6.45, 7) is 0.801. The summed E-state index contributed by atoms with van der Waals surface area (Å²) in [6.07, 6.45) is 1.79. The maximum absolute atomic E-state index is 5.66. The largest absolute Gasteiger partial charge is 0.399 e. The highest BCUT2D eigenvalue weighted by Gasteiger charge is 2.06. The van der Waals surface area contributed by atoms with E-state index in [-0.39, 0.29) is 0 Å². The van der Waals surface area contributed by atoms with Gasteiger partial charge in [-0.2, -0.15) is 0 Å². The van der Waals surface area contributed by atoms with E-state index in [1.165, 1.54) is 5.56 Å². The van der Waals surface area contributed by atoms with E-state index < -0.39 is 0 Å². The lowest BCUT2D eigenvalue weighted by molar-refractivity contribution is 0.894. The second kappa shape index (κ2) is 5.19. The number of aromatic nitrogens is 1. The molecule has 2 rings (SSSR count). The smallest absolute Gasteiger partial charge is 0.142 e. The number of rotatable bonds is 3. The van der Waals surface area contributed by atoms with Gasteiger partial charge in [0.15, 0.2) is 0 Å². The Balaban J connectivity index is 2.14. The zero-order valence-electron chi connectivity index (χ0n) is 9.60. The Morgan fingerprint density at radius 3 is 2.59 bits per heavy atom. The minimum absolute atomic E-state index is 0.787. The molecule has 2 N–H and O–H groups in total. The summed E-state index contributed by atoms with van der Waals surface area (Å²) in [5.74, 6) is 0.935. The molecule has 4 heteroatoms. The van der Waals surface area contributed by atoms with Crippen LogP contribution in [0, 0.1) is 0 Å². The van der Waals surface area contributed by atoms with E-state index >= 15 is 0 Å². The molecule has 2 aromatic rings. The Bertz CT molecular complexity index is 496. The number of nitrogens with two attached hydrogens (primary N) is 1. The van der Waals surface area contributed by atoms with Crippen LogP contribution in [-0.4, -0.2) is 12.0 Å². The predicted molar refractivity (Wildman–Crippen MR) is 74.9 cm³/mol. The van der Waals surface area contributed by atoms with Gasteiger partial charge in [0.05, 0.1) is 4.47 Å². The lowest BCUT2D eigenvalue weighted by atomic mass is 10.2. The Kier molecular flexibility index (Phi) is 3.64. The van der Waals surface area contributed by atoms with Gasteiger partial charge in [0.2, 0.25) is 0 Å². The maximum Gasteiger partial charge on any atom is 0.142 e. The van der Waals surface area contributed by atoms with Crippen LogP contribution in [0.3, 0.4) is 0 Å². The van der Waals surface area contributed by atoms with Gasteiger partial charge in [-0.25, -0.2) is 4.98 Å². The Labute approximate surface area is 109 Å². The fourth-order valence-electron chi connectivity index (χ4n) is 1.63. The molecule has 3 nitrogen and oxygen atoms in total. The number of nitrogens with zero attached hydrogens (tertiary/aromatic N) is 2. The summed E-state index contributed by atoms with van der Waals surface area (Å²) in [7, 11) is 2.02. The molecule has 0 atom stereocenters. The molecule has 0 saturated carbocycles. The minimum atomic E-state index is 0.787. The lowest BCUT2D eigenvalue weighted by Crippen LogP contribution is -2.18. The second-order valence-corrected chi connectivity index (χ2v) is 4.76. The normalized spacial score (nSPS) is 10.2. The number of hydrogen-bond donors (Lipinski definition) is 1. The number of halogens is 1. The zero-order chi connectivity index (χ0) is 12.3. The van der Waals surface area contributed by atoms with E-state index in [9.17, 15) is 0 Å². The fourth-order valence-corrected chi connectivity index (χ4v) is 2.19. The summed E-state index contributed by atoms with van der Waals surface area (Å²) in [5.41, 5.74) is 7.65. The van der Waals surface area contributed by atoms with Crippen molar-refractivity contribution in [2.45, 2.75) is 6.54 Å². The molecule has 0 spiro atoms. The Hall–Kier alpha value is -1.55. The average molecular weight is 292 g/mol. The Morgan fingerprint density at radius 1 is 1.24 bits per heavy atom. The topological polar surface area (TPSA) is 42.1 Å². The number of pyridine rings is 1. The van der Waals surface area contributed by atoms with Crippen molar-refractivity contribution in [3.8, 4) is 0 Å². The van der Waals surface area contributed by atoms with Crippen LogP contribution in [0.25, 0.3) is 0 Å². The first kappa shape index (κ1) is 11.9. The first-order valence-corrected chi connectivity index (χ1v) is 6.12. The number of anilines is 2. The van der Waals surface area contributed by atoms with E-state index in [2.05, 4.69) is 25.8 Å². The first-order chi connectivity index (χ1) is 8.16. The molecule has 0 aliphatic heterocycles. The van der Waals surface area contributed by atoms with Crippen LogP contribution in [-0.2, 0) is 6.54 Å². The van der Waals surface area contributed by atoms with Crippen LogP contribution >= 0.6 is 15.9 Å². The third-order valence-corrected chi connectivity index (χ3v) is 3.12. The molecule has 0 saturated heterocycles. The molecule has 0 aliphatic rings. The molecule has 1 aromatic carbocycles. The molecule has 17 heavy (non-hydrogen) atoms. The van der Waals surface area contributed by atoms with Gasteiger partial charge < -0.3 is 10.6 Å². The molecular formula is C13H14BrN3. The van der Waals surface area contributed by atoms with Gasteiger partial charge in [-0.3, -0.25) is 0 Å². The van der Waals surface area contributed by atoms with Gasteiger partial charge in [-0.15, -0.1) is 0 Å². The molecule has 0 aliphatic carbocycles. The number of benzene rings is 1. The summed E-state index contributed by atoms with van der Waals surface area (Å²) in [6, 6.07) is 11.8. The van der Waals surface area contributed by atoms with E-state index in [4.69, 9.17) is 5.73 Å². The van der Waals surface area contributed by atoms with Crippen molar-refractivity contribution in [1.29, 1.82) is 0 Å². The minimum Gasteiger partial charge on any atom is -0.399 e. The van der Waals surface area contributed by atoms with Crippen molar-refractivity contribution < 1.29 is 0 Å². The summed E-state index contributed by atoms with van der Waals surface area (Å²) in [5, 5.41) is 0. The zero-order valence-corrected chi connectivity index (χ0v) is 11.2. The monoisotopic (exact) mass is 291 g/mol. The quantitative estimate of drug-likeness (QED) is 0.884. The average Bonchev–Trinajstić information content (AvgIpc) is 2.32. The van der Waals surface area contributed by atoms with Crippen molar-refractivity contribution in [2.24, 2.45) is 0 Å². The highest BCUT2D eigenvalue weighted by molar-refractivity contribution is 9.10. The lowest BCUT2D eigenvalue weighted by Gasteiger charge is -2.19. The van der Waals surface area contributed by atoms with Gasteiger partial charge in [0.25, 0.3) is 0 Å². The molecule has 0 amide bonds. The predicted octanol–water partition coefficient (Wildman–Crippen LogP) is 3.06. The number of hydrogen-bond acceptors (Lipinski definition) is 3. The molecule has 88 valence electrons. The molecule has 1 heterocycles. The van der Waals surface area contributed by atoms with Crippen LogP contribution in [0.5, 0.6) is 0 Å². The summed E-state index contributed by atoms with van der Waals surface area (Å²) >= 11 is 3.50. The van der Waals surface area contributed by atoms with E-state index in [0.717, 1.165) is 22.5 Å². The molecule has 0 unspecified atom stereocenters. The molecule has 0 fully saturated rings. The third-order valence-electron chi connectivity index (χ3n) is 2.50. The highest BCUT2D eigenvalue weighted by Crippen LogP contribution is 2.23. The van der Waals surface area contributed by atoms with Crippen molar-refractivity contribution in [2.75, 3.05) is 17.7 Å². The van der Waals surface area contributed by atoms with Gasteiger partial charge in [-0.1, -0.05) is 12.1 Å². The standard InChI is InChI=1S/C13H14BrN3/c1-17(13-12(14)3-2-8-16-13)9-10-4-6-11(15)7-5-10/h2-8H,9,15H2,1H3. The van der Waals surface area contributed by atoms with Crippen LogP contribution in [0.15, 0.2) is 47.1 Å². The number of nitrogen functional groups attached to an aromatic ring is 1. The third kappa shape index (κ3) is 2.97. The van der Waals surface area contributed by atoms with E-state index in [0.29, 0.717) is 0 Å². The highest BCUT2D eigenvalue weighted by atomic mass is 79.9. The maximum atomic E-state index is 5.66. The van der Waals surface area contributed by atoms with Crippen molar-refractivity contribution in [1.82, 2.24) is 4.98 Å². The van der Waals surface area contributed by atoms with E-state index in [1.807, 2.05) is 43.4 Å². The fraction of sp³-hybridized carbons (Fsp3) is 0.154. The van der Waals surface area contributed by atoms with Crippen molar-refractivity contribution >= 4 is 27.4 Å². The van der Waals surface area contributed by atoms with Crippen LogP contribution < -0.4 is 10.6 Å². The van der Waals surface area contributed by atoms with E-state index in [1.54, 1.807) is 6.20 Å². The molecule has 1 aromatic heterocycles. The molecule has 0 bridgehead atoms. The SMILES string of the molecule is CN(Cc1ccc(N)cc1)c1ncccc1Br. The summed E-state index contributed by atoms with van der Waals surface area (Å²) in [4.78, 5) is 6.44. The summed E-state index contributed by atoms with van der Waals surface area (Å²) < 4.78 is 0.998. The van der Waals surface area contributed by atoms with Gasteiger partial charge in [0, 0.05) is 25.5 Å². The van der Waals surface area contributed by atoms with Crippen molar-refractivity contribution in [3.63, 3.8) is 0 Å². The van der Waals surface area contributed by atoms with Crippen molar-refractivity contribution in [3.05, 3.63) is 52.6 Å². The Morgan fingerprint density at radius 2 is 1.94 bits per heavy atom. The first-order valence-electron chi connectivity index (χ1n) is 5.33. The van der Waals surface area contributed by atoms with Gasteiger partial charge >= 0.3 is 0 Å². The van der Waals surface area contributed by atoms with Crippen LogP contribution in [0.4, 0.5) is 11.5 Å². The van der Waals surface area contributed by atoms with Crippen LogP contribution in [0.1, 0.15) is 5.56 Å². The second-order valence-electron chi connectivity index (χ2n) is 3.91. The van der Waals surface area contributed by atoms with Gasteiger partial charge in [0.1, 0.15) is 5.82 Å². The van der Waals surface area contributed by atoms with Crippen LogP contribution in [0.2, 0.25) is 0 Å². The van der Waals surface area contributed by atoms with Gasteiger partial charge in [-0.05, 0) is 45.8 Å². The molecular weight excluding hydrogens is 278 g/mol.